The second-order valence-electron chi connectivity index (χ2n) is 5.73. The van der Waals surface area contributed by atoms with Crippen LogP contribution in [0.15, 0.2) is 35.3 Å². The summed E-state index contributed by atoms with van der Waals surface area (Å²) in [7, 11) is 4.85. The molecule has 0 saturated carbocycles. The third-order valence-electron chi connectivity index (χ3n) is 4.06. The van der Waals surface area contributed by atoms with Crippen LogP contribution >= 0.6 is 15.9 Å². The highest BCUT2D eigenvalue weighted by Crippen LogP contribution is 2.45. The minimum absolute atomic E-state index is 0.329. The van der Waals surface area contributed by atoms with Crippen molar-refractivity contribution >= 4 is 32.7 Å². The van der Waals surface area contributed by atoms with Gasteiger partial charge in [0.25, 0.3) is 0 Å². The fourth-order valence-corrected chi connectivity index (χ4v) is 3.71. The summed E-state index contributed by atoms with van der Waals surface area (Å²) in [6.07, 6.45) is 2.40. The van der Waals surface area contributed by atoms with Gasteiger partial charge in [0.05, 0.1) is 25.8 Å². The van der Waals surface area contributed by atoms with Crippen LogP contribution in [0.5, 0.6) is 17.2 Å². The zero-order chi connectivity index (χ0) is 19.3. The average Bonchev–Trinajstić information content (AvgIpc) is 2.61. The largest absolute Gasteiger partial charge is 0.497 e. The van der Waals surface area contributed by atoms with Crippen LogP contribution in [0.25, 0.3) is 10.8 Å². The molecule has 5 nitrogen and oxygen atoms in total. The monoisotopic (exact) mass is 422 g/mol. The summed E-state index contributed by atoms with van der Waals surface area (Å²) in [6, 6.07) is 5.70. The van der Waals surface area contributed by atoms with Crippen molar-refractivity contribution in [3.63, 3.8) is 0 Å². The Morgan fingerprint density at radius 2 is 1.85 bits per heavy atom. The maximum absolute atomic E-state index is 11.4. The lowest BCUT2D eigenvalue weighted by molar-refractivity contribution is -0.146. The third kappa shape index (κ3) is 4.12. The molecule has 0 radical (unpaired) electrons. The number of carbonyl (C=O) groups is 1. The van der Waals surface area contributed by atoms with Gasteiger partial charge < -0.3 is 18.9 Å². The summed E-state index contributed by atoms with van der Waals surface area (Å²) < 4.78 is 22.9. The lowest BCUT2D eigenvalue weighted by Crippen LogP contribution is -2.19. The molecule has 6 heteroatoms. The van der Waals surface area contributed by atoms with Gasteiger partial charge in [-0.25, -0.2) is 0 Å². The number of hydrogen-bond donors (Lipinski definition) is 0. The first kappa shape index (κ1) is 20.1. The Bertz CT molecular complexity index is 816. The van der Waals surface area contributed by atoms with Crippen molar-refractivity contribution in [2.75, 3.05) is 21.3 Å². The van der Waals surface area contributed by atoms with E-state index in [9.17, 15) is 4.79 Å². The number of fused-ring (bicyclic) bond motifs is 1. The molecule has 0 fully saturated rings. The SMILES string of the molecule is C=CC[C@@H](Cc1c(Br)c(OC)c2cc(OC)ccc2c1OC)OC(C)=O. The van der Waals surface area contributed by atoms with Crippen molar-refractivity contribution in [1.29, 1.82) is 0 Å². The Kier molecular flexibility index (Phi) is 6.91. The van der Waals surface area contributed by atoms with E-state index in [-0.39, 0.29) is 12.1 Å². The molecule has 0 heterocycles. The number of methoxy groups -OCH3 is 3. The van der Waals surface area contributed by atoms with E-state index in [1.54, 1.807) is 27.4 Å². The van der Waals surface area contributed by atoms with Crippen LogP contribution in [-0.4, -0.2) is 33.4 Å². The molecule has 0 aliphatic heterocycles. The first-order valence-corrected chi connectivity index (χ1v) is 8.94. The Morgan fingerprint density at radius 1 is 1.15 bits per heavy atom. The van der Waals surface area contributed by atoms with Crippen molar-refractivity contribution in [2.24, 2.45) is 0 Å². The van der Waals surface area contributed by atoms with E-state index in [2.05, 4.69) is 22.5 Å². The summed E-state index contributed by atoms with van der Waals surface area (Å²) in [6.45, 7) is 5.14. The van der Waals surface area contributed by atoms with Crippen LogP contribution in [0.4, 0.5) is 0 Å². The number of benzene rings is 2. The topological polar surface area (TPSA) is 54.0 Å². The molecule has 2 aromatic rings. The normalized spacial score (nSPS) is 11.7. The number of rotatable bonds is 8. The van der Waals surface area contributed by atoms with Crippen molar-refractivity contribution in [3.8, 4) is 17.2 Å². The van der Waals surface area contributed by atoms with Gasteiger partial charge >= 0.3 is 5.97 Å². The molecular weight excluding hydrogens is 400 g/mol. The molecule has 2 rings (SSSR count). The molecule has 0 aliphatic carbocycles. The summed E-state index contributed by atoms with van der Waals surface area (Å²) in [5.41, 5.74) is 0.870. The lowest BCUT2D eigenvalue weighted by Gasteiger charge is -2.22. The Labute approximate surface area is 162 Å². The van der Waals surface area contributed by atoms with Crippen LogP contribution < -0.4 is 14.2 Å². The molecule has 0 spiro atoms. The van der Waals surface area contributed by atoms with Gasteiger partial charge in [0.2, 0.25) is 0 Å². The molecule has 0 saturated heterocycles. The maximum Gasteiger partial charge on any atom is 0.302 e. The highest BCUT2D eigenvalue weighted by atomic mass is 79.9. The molecule has 0 aromatic heterocycles. The lowest BCUT2D eigenvalue weighted by atomic mass is 9.98. The van der Waals surface area contributed by atoms with E-state index >= 15 is 0 Å². The van der Waals surface area contributed by atoms with Crippen molar-refractivity contribution in [2.45, 2.75) is 25.9 Å². The average molecular weight is 423 g/mol. The van der Waals surface area contributed by atoms with Crippen LogP contribution in [0.1, 0.15) is 18.9 Å². The second kappa shape index (κ2) is 8.94. The van der Waals surface area contributed by atoms with E-state index < -0.39 is 0 Å². The standard InChI is InChI=1S/C20H23BrO5/c1-6-7-14(26-12(2)22)11-17-18(21)20(25-5)16-10-13(23-3)8-9-15(16)19(17)24-4/h6,8-10,14H,1,7,11H2,2-5H3/t14-/m0/s1. The predicted octanol–water partition coefficient (Wildman–Crippen LogP) is 4.68. The van der Waals surface area contributed by atoms with E-state index in [1.165, 1.54) is 6.92 Å². The number of esters is 1. The molecule has 0 amide bonds. The summed E-state index contributed by atoms with van der Waals surface area (Å²) in [5, 5.41) is 1.76. The Hall–Kier alpha value is -2.21. The van der Waals surface area contributed by atoms with Crippen LogP contribution in [0.3, 0.4) is 0 Å². The van der Waals surface area contributed by atoms with Crippen LogP contribution in [0, 0.1) is 0 Å². The van der Waals surface area contributed by atoms with E-state index in [4.69, 9.17) is 18.9 Å². The molecule has 0 unspecified atom stereocenters. The summed E-state index contributed by atoms with van der Waals surface area (Å²) >= 11 is 3.63. The van der Waals surface area contributed by atoms with Crippen molar-refractivity contribution in [1.82, 2.24) is 0 Å². The maximum atomic E-state index is 11.4. The van der Waals surface area contributed by atoms with E-state index in [1.807, 2.05) is 18.2 Å². The Balaban J connectivity index is 2.66. The zero-order valence-electron chi connectivity index (χ0n) is 15.4. The summed E-state index contributed by atoms with van der Waals surface area (Å²) in [4.78, 5) is 11.4. The van der Waals surface area contributed by atoms with Gasteiger partial charge in [0.1, 0.15) is 23.4 Å². The predicted molar refractivity (Wildman–Crippen MR) is 105 cm³/mol. The smallest absolute Gasteiger partial charge is 0.302 e. The first-order chi connectivity index (χ1) is 12.5. The quantitative estimate of drug-likeness (QED) is 0.456. The van der Waals surface area contributed by atoms with Gasteiger partial charge in [-0.3, -0.25) is 4.79 Å². The first-order valence-electron chi connectivity index (χ1n) is 8.14. The van der Waals surface area contributed by atoms with Gasteiger partial charge in [0, 0.05) is 36.1 Å². The number of halogens is 1. The number of carbonyl (C=O) groups excluding carboxylic acids is 1. The minimum atomic E-state index is -0.337. The molecule has 2 aromatic carbocycles. The second-order valence-corrected chi connectivity index (χ2v) is 6.52. The van der Waals surface area contributed by atoms with Crippen LogP contribution in [-0.2, 0) is 16.0 Å². The van der Waals surface area contributed by atoms with Gasteiger partial charge in [-0.05, 0) is 34.1 Å². The molecule has 0 bridgehead atoms. The van der Waals surface area contributed by atoms with Gasteiger partial charge in [0.15, 0.2) is 0 Å². The van der Waals surface area contributed by atoms with Gasteiger partial charge in [-0.2, -0.15) is 0 Å². The molecule has 140 valence electrons. The summed E-state index contributed by atoms with van der Waals surface area (Å²) in [5.74, 6) is 1.78. The van der Waals surface area contributed by atoms with Gasteiger partial charge in [-0.15, -0.1) is 6.58 Å². The van der Waals surface area contributed by atoms with E-state index in [0.717, 1.165) is 26.6 Å². The van der Waals surface area contributed by atoms with E-state index in [0.29, 0.717) is 24.3 Å². The number of hydrogen-bond acceptors (Lipinski definition) is 5. The fraction of sp³-hybridized carbons (Fsp3) is 0.350. The molecule has 0 aliphatic rings. The highest BCUT2D eigenvalue weighted by molar-refractivity contribution is 9.10. The number of ether oxygens (including phenoxy) is 4. The third-order valence-corrected chi connectivity index (χ3v) is 4.90. The molecule has 26 heavy (non-hydrogen) atoms. The molecule has 0 N–H and O–H groups in total. The van der Waals surface area contributed by atoms with Crippen molar-refractivity contribution in [3.05, 3.63) is 40.9 Å². The molecular formula is C20H23BrO5. The molecule has 1 atom stereocenters. The van der Waals surface area contributed by atoms with Crippen molar-refractivity contribution < 1.29 is 23.7 Å². The Morgan fingerprint density at radius 3 is 2.38 bits per heavy atom. The minimum Gasteiger partial charge on any atom is -0.497 e. The van der Waals surface area contributed by atoms with Crippen LogP contribution in [0.2, 0.25) is 0 Å². The fourth-order valence-electron chi connectivity index (χ4n) is 2.99. The highest BCUT2D eigenvalue weighted by Gasteiger charge is 2.23. The zero-order valence-corrected chi connectivity index (χ0v) is 17.0. The van der Waals surface area contributed by atoms with Gasteiger partial charge in [-0.1, -0.05) is 6.08 Å².